The second kappa shape index (κ2) is 6.81. The molecule has 109 valence electrons. The van der Waals surface area contributed by atoms with E-state index in [9.17, 15) is 0 Å². The van der Waals surface area contributed by atoms with Crippen molar-refractivity contribution in [1.82, 2.24) is 0 Å². The first-order valence-corrected chi connectivity index (χ1v) is 7.19. The number of para-hydroxylation sites is 2. The molecule has 0 amide bonds. The van der Waals surface area contributed by atoms with E-state index in [2.05, 4.69) is 18.2 Å². The SMILES string of the molecule is COc1ccccc1COc1[c]cccc1-c1ccccc1. The van der Waals surface area contributed by atoms with Crippen LogP contribution in [0, 0.1) is 6.07 Å². The highest BCUT2D eigenvalue weighted by Crippen LogP contribution is 2.30. The smallest absolute Gasteiger partial charge is 0.135 e. The third-order valence-corrected chi connectivity index (χ3v) is 3.47. The van der Waals surface area contributed by atoms with Crippen molar-refractivity contribution in [2.24, 2.45) is 0 Å². The predicted octanol–water partition coefficient (Wildman–Crippen LogP) is 4.74. The van der Waals surface area contributed by atoms with Gasteiger partial charge in [0.15, 0.2) is 0 Å². The quantitative estimate of drug-likeness (QED) is 0.675. The Labute approximate surface area is 131 Å². The molecule has 0 aliphatic rings. The van der Waals surface area contributed by atoms with Crippen molar-refractivity contribution in [2.45, 2.75) is 6.61 Å². The summed E-state index contributed by atoms with van der Waals surface area (Å²) in [5, 5.41) is 0. The lowest BCUT2D eigenvalue weighted by molar-refractivity contribution is 0.297. The van der Waals surface area contributed by atoms with Gasteiger partial charge >= 0.3 is 0 Å². The predicted molar refractivity (Wildman–Crippen MR) is 88.0 cm³/mol. The molecule has 3 aromatic carbocycles. The molecule has 0 saturated carbocycles. The van der Waals surface area contributed by atoms with Crippen LogP contribution in [0.4, 0.5) is 0 Å². The lowest BCUT2D eigenvalue weighted by atomic mass is 10.0. The number of ether oxygens (including phenoxy) is 2. The standard InChI is InChI=1S/C20H17O2/c1-21-19-13-7-5-11-17(19)15-22-20-14-8-6-12-18(20)16-9-3-2-4-10-16/h2-13H,15H2,1H3. The van der Waals surface area contributed by atoms with E-state index in [0.717, 1.165) is 28.2 Å². The average molecular weight is 289 g/mol. The van der Waals surface area contributed by atoms with Gasteiger partial charge in [0, 0.05) is 17.2 Å². The largest absolute Gasteiger partial charge is 0.496 e. The van der Waals surface area contributed by atoms with E-state index < -0.39 is 0 Å². The van der Waals surface area contributed by atoms with Crippen molar-refractivity contribution in [1.29, 1.82) is 0 Å². The van der Waals surface area contributed by atoms with Crippen LogP contribution in [0.1, 0.15) is 5.56 Å². The first kappa shape index (κ1) is 14.2. The van der Waals surface area contributed by atoms with Crippen LogP contribution in [0.2, 0.25) is 0 Å². The van der Waals surface area contributed by atoms with E-state index in [-0.39, 0.29) is 0 Å². The normalized spacial score (nSPS) is 10.2. The van der Waals surface area contributed by atoms with Crippen molar-refractivity contribution in [3.8, 4) is 22.6 Å². The molecule has 0 aromatic heterocycles. The van der Waals surface area contributed by atoms with Crippen LogP contribution in [0.15, 0.2) is 72.8 Å². The highest BCUT2D eigenvalue weighted by Gasteiger charge is 2.07. The Kier molecular flexibility index (Phi) is 4.40. The summed E-state index contributed by atoms with van der Waals surface area (Å²) in [5.74, 6) is 1.58. The van der Waals surface area contributed by atoms with Crippen molar-refractivity contribution in [3.05, 3.63) is 84.4 Å². The third-order valence-electron chi connectivity index (χ3n) is 3.47. The van der Waals surface area contributed by atoms with Gasteiger partial charge in [0.05, 0.1) is 7.11 Å². The van der Waals surface area contributed by atoms with Gasteiger partial charge in [-0.2, -0.15) is 0 Å². The topological polar surface area (TPSA) is 18.5 Å². The fourth-order valence-corrected chi connectivity index (χ4v) is 2.36. The van der Waals surface area contributed by atoms with E-state index in [4.69, 9.17) is 9.47 Å². The molecule has 0 heterocycles. The molecule has 0 N–H and O–H groups in total. The van der Waals surface area contributed by atoms with Crippen molar-refractivity contribution in [3.63, 3.8) is 0 Å². The minimum atomic E-state index is 0.449. The number of hydrogen-bond acceptors (Lipinski definition) is 2. The Morgan fingerprint density at radius 3 is 2.45 bits per heavy atom. The molecule has 0 spiro atoms. The first-order chi connectivity index (χ1) is 10.9. The van der Waals surface area contributed by atoms with Crippen LogP contribution in [-0.2, 0) is 6.61 Å². The zero-order valence-electron chi connectivity index (χ0n) is 12.5. The van der Waals surface area contributed by atoms with Crippen LogP contribution in [0.3, 0.4) is 0 Å². The van der Waals surface area contributed by atoms with Crippen LogP contribution in [-0.4, -0.2) is 7.11 Å². The molecule has 1 radical (unpaired) electrons. The summed E-state index contributed by atoms with van der Waals surface area (Å²) >= 11 is 0. The first-order valence-electron chi connectivity index (χ1n) is 7.19. The summed E-state index contributed by atoms with van der Waals surface area (Å²) < 4.78 is 11.3. The van der Waals surface area contributed by atoms with Gasteiger partial charge in [-0.15, -0.1) is 0 Å². The molecule has 0 unspecified atom stereocenters. The zero-order chi connectivity index (χ0) is 15.2. The molecule has 0 aliphatic carbocycles. The van der Waals surface area contributed by atoms with Gasteiger partial charge in [0.2, 0.25) is 0 Å². The third kappa shape index (κ3) is 3.12. The lowest BCUT2D eigenvalue weighted by Crippen LogP contribution is -1.99. The van der Waals surface area contributed by atoms with E-state index in [0.29, 0.717) is 6.61 Å². The molecule has 3 rings (SSSR count). The molecule has 0 aliphatic heterocycles. The average Bonchev–Trinajstić information content (AvgIpc) is 2.61. The molecule has 0 saturated heterocycles. The summed E-state index contributed by atoms with van der Waals surface area (Å²) in [4.78, 5) is 0. The second-order valence-electron chi connectivity index (χ2n) is 4.88. The molecule has 0 atom stereocenters. The summed E-state index contributed by atoms with van der Waals surface area (Å²) in [5.41, 5.74) is 3.17. The molecular weight excluding hydrogens is 272 g/mol. The van der Waals surface area contributed by atoms with E-state index in [1.807, 2.05) is 60.7 Å². The maximum atomic E-state index is 5.98. The maximum Gasteiger partial charge on any atom is 0.135 e. The van der Waals surface area contributed by atoms with Crippen LogP contribution >= 0.6 is 0 Å². The van der Waals surface area contributed by atoms with E-state index in [1.165, 1.54) is 0 Å². The molecule has 22 heavy (non-hydrogen) atoms. The van der Waals surface area contributed by atoms with Gasteiger partial charge in [-0.05, 0) is 11.6 Å². The minimum absolute atomic E-state index is 0.449. The van der Waals surface area contributed by atoms with Gasteiger partial charge in [0.1, 0.15) is 18.1 Å². The highest BCUT2D eigenvalue weighted by atomic mass is 16.5. The van der Waals surface area contributed by atoms with Crippen molar-refractivity contribution in [2.75, 3.05) is 7.11 Å². The Hall–Kier alpha value is -2.74. The molecule has 0 fully saturated rings. The van der Waals surface area contributed by atoms with Crippen molar-refractivity contribution < 1.29 is 9.47 Å². The van der Waals surface area contributed by atoms with Gasteiger partial charge < -0.3 is 9.47 Å². The van der Waals surface area contributed by atoms with Gasteiger partial charge in [-0.1, -0.05) is 66.7 Å². The number of hydrogen-bond donors (Lipinski definition) is 0. The highest BCUT2D eigenvalue weighted by molar-refractivity contribution is 5.69. The van der Waals surface area contributed by atoms with Crippen molar-refractivity contribution >= 4 is 0 Å². The number of methoxy groups -OCH3 is 1. The molecule has 3 aromatic rings. The number of rotatable bonds is 5. The lowest BCUT2D eigenvalue weighted by Gasteiger charge is -2.13. The van der Waals surface area contributed by atoms with E-state index >= 15 is 0 Å². The Bertz CT molecular complexity index is 735. The van der Waals surface area contributed by atoms with Gasteiger partial charge in [-0.25, -0.2) is 0 Å². The Balaban J connectivity index is 1.85. The van der Waals surface area contributed by atoms with Crippen LogP contribution in [0.5, 0.6) is 11.5 Å². The maximum absolute atomic E-state index is 5.98. The van der Waals surface area contributed by atoms with E-state index in [1.54, 1.807) is 7.11 Å². The molecule has 2 nitrogen and oxygen atoms in total. The Morgan fingerprint density at radius 2 is 1.64 bits per heavy atom. The molecular formula is C20H17O2. The summed E-state index contributed by atoms with van der Waals surface area (Å²) in [6.45, 7) is 0.449. The minimum Gasteiger partial charge on any atom is -0.496 e. The fraction of sp³-hybridized carbons (Fsp3) is 0.100. The zero-order valence-corrected chi connectivity index (χ0v) is 12.5. The van der Waals surface area contributed by atoms with Gasteiger partial charge in [0.25, 0.3) is 0 Å². The Morgan fingerprint density at radius 1 is 0.864 bits per heavy atom. The summed E-state index contributed by atoms with van der Waals surface area (Å²) in [6.07, 6.45) is 0. The number of benzene rings is 3. The van der Waals surface area contributed by atoms with Gasteiger partial charge in [-0.3, -0.25) is 0 Å². The fourth-order valence-electron chi connectivity index (χ4n) is 2.36. The summed E-state index contributed by atoms with van der Waals surface area (Å²) in [6, 6.07) is 27.1. The second-order valence-corrected chi connectivity index (χ2v) is 4.88. The molecule has 2 heteroatoms. The molecule has 0 bridgehead atoms. The van der Waals surface area contributed by atoms with Crippen LogP contribution in [0.25, 0.3) is 11.1 Å². The summed E-state index contributed by atoms with van der Waals surface area (Å²) in [7, 11) is 1.67. The monoisotopic (exact) mass is 289 g/mol. The van der Waals surface area contributed by atoms with Crippen LogP contribution < -0.4 is 9.47 Å².